The molecule has 78 valence electrons. The van der Waals surface area contributed by atoms with Crippen molar-refractivity contribution in [2.45, 2.75) is 26.2 Å². The lowest BCUT2D eigenvalue weighted by atomic mass is 10.1. The van der Waals surface area contributed by atoms with Gasteiger partial charge in [0.05, 0.1) is 5.69 Å². The minimum atomic E-state index is 0.938. The van der Waals surface area contributed by atoms with Crippen molar-refractivity contribution in [3.63, 3.8) is 0 Å². The topological polar surface area (TPSA) is 25.2 Å². The molecule has 0 fully saturated rings. The minimum Gasteiger partial charge on any atom is -0.292 e. The van der Waals surface area contributed by atoms with Gasteiger partial charge in [-0.05, 0) is 30.9 Å². The molecule has 0 bridgehead atoms. The number of nitrogens with zero attached hydrogens (tertiary/aromatic N) is 2. The number of aryl methyl sites for hydroxylation is 1. The van der Waals surface area contributed by atoms with E-state index in [2.05, 4.69) is 35.1 Å². The summed E-state index contributed by atoms with van der Waals surface area (Å²) in [7, 11) is 0. The first kappa shape index (κ1) is 10.1. The third kappa shape index (κ3) is 2.52. The third-order valence-electron chi connectivity index (χ3n) is 2.61. The number of hydrogen-bond donors (Lipinski definition) is 0. The Morgan fingerprint density at radius 3 is 3.00 bits per heavy atom. The molecule has 1 aromatic rings. The second-order valence-corrected chi connectivity index (χ2v) is 3.74. The molecule has 0 N–H and O–H groups in total. The molecule has 0 saturated carbocycles. The Morgan fingerprint density at radius 2 is 2.27 bits per heavy atom. The number of aliphatic imine (C=N–C) groups is 1. The van der Waals surface area contributed by atoms with Gasteiger partial charge in [-0.2, -0.15) is 0 Å². The maximum atomic E-state index is 4.46. The van der Waals surface area contributed by atoms with Crippen LogP contribution in [-0.4, -0.2) is 17.7 Å². The van der Waals surface area contributed by atoms with Crippen molar-refractivity contribution < 1.29 is 0 Å². The molecule has 0 atom stereocenters. The summed E-state index contributed by atoms with van der Waals surface area (Å²) in [5.41, 5.74) is 3.48. The largest absolute Gasteiger partial charge is 0.292 e. The van der Waals surface area contributed by atoms with Crippen LogP contribution >= 0.6 is 0 Å². The van der Waals surface area contributed by atoms with Crippen LogP contribution in [0, 0.1) is 0 Å². The lowest BCUT2D eigenvalue weighted by molar-refractivity contribution is 0.866. The first-order valence-corrected chi connectivity index (χ1v) is 5.55. The van der Waals surface area contributed by atoms with E-state index >= 15 is 0 Å². The first-order chi connectivity index (χ1) is 7.40. The predicted molar refractivity (Wildman–Crippen MR) is 64.2 cm³/mol. The van der Waals surface area contributed by atoms with Crippen molar-refractivity contribution >= 4 is 11.8 Å². The Morgan fingerprint density at radius 1 is 1.33 bits per heavy atom. The van der Waals surface area contributed by atoms with Gasteiger partial charge in [0.25, 0.3) is 0 Å². The number of aromatic nitrogens is 1. The van der Waals surface area contributed by atoms with Crippen LogP contribution in [-0.2, 0) is 6.42 Å². The highest BCUT2D eigenvalue weighted by Gasteiger charge is 2.02. The SMILES string of the molecule is CCc1ccc(C2=CCCCN=C2)nc1. The number of pyridine rings is 1. The van der Waals surface area contributed by atoms with Crippen molar-refractivity contribution in [2.75, 3.05) is 6.54 Å². The van der Waals surface area contributed by atoms with Crippen LogP contribution < -0.4 is 0 Å². The molecule has 0 amide bonds. The molecule has 2 rings (SSSR count). The molecule has 0 spiro atoms. The molecule has 1 aliphatic rings. The zero-order valence-electron chi connectivity index (χ0n) is 9.11. The van der Waals surface area contributed by atoms with Crippen LogP contribution in [0.5, 0.6) is 0 Å². The van der Waals surface area contributed by atoms with Gasteiger partial charge < -0.3 is 0 Å². The van der Waals surface area contributed by atoms with E-state index in [1.54, 1.807) is 0 Å². The highest BCUT2D eigenvalue weighted by Crippen LogP contribution is 2.14. The Kier molecular flexibility index (Phi) is 3.28. The maximum Gasteiger partial charge on any atom is 0.0714 e. The third-order valence-corrected chi connectivity index (χ3v) is 2.61. The molecule has 2 heteroatoms. The summed E-state index contributed by atoms with van der Waals surface area (Å²) in [6.07, 6.45) is 9.42. The Labute approximate surface area is 90.8 Å². The fraction of sp³-hybridized carbons (Fsp3) is 0.385. The lowest BCUT2D eigenvalue weighted by Crippen LogP contribution is -1.91. The molecular weight excluding hydrogens is 184 g/mol. The van der Waals surface area contributed by atoms with Crippen LogP contribution in [0.25, 0.3) is 5.57 Å². The second-order valence-electron chi connectivity index (χ2n) is 3.74. The van der Waals surface area contributed by atoms with E-state index in [0.717, 1.165) is 37.1 Å². The van der Waals surface area contributed by atoms with Crippen molar-refractivity contribution in [1.29, 1.82) is 0 Å². The van der Waals surface area contributed by atoms with Gasteiger partial charge in [-0.25, -0.2) is 0 Å². The van der Waals surface area contributed by atoms with Gasteiger partial charge in [0.15, 0.2) is 0 Å². The van der Waals surface area contributed by atoms with E-state index in [-0.39, 0.29) is 0 Å². The predicted octanol–water partition coefficient (Wildman–Crippen LogP) is 2.89. The number of hydrogen-bond acceptors (Lipinski definition) is 2. The summed E-state index contributed by atoms with van der Waals surface area (Å²) >= 11 is 0. The summed E-state index contributed by atoms with van der Waals surface area (Å²) in [6, 6.07) is 4.23. The first-order valence-electron chi connectivity index (χ1n) is 5.55. The van der Waals surface area contributed by atoms with Gasteiger partial charge in [-0.3, -0.25) is 9.98 Å². The van der Waals surface area contributed by atoms with E-state index in [1.165, 1.54) is 5.56 Å². The molecule has 2 heterocycles. The Balaban J connectivity index is 2.24. The standard InChI is InChI=1S/C13H16N2/c1-2-11-6-7-13(15-9-11)12-5-3-4-8-14-10-12/h5-7,9-10H,2-4,8H2,1H3. The van der Waals surface area contributed by atoms with Crippen LogP contribution in [0.15, 0.2) is 29.4 Å². The minimum absolute atomic E-state index is 0.938. The van der Waals surface area contributed by atoms with E-state index < -0.39 is 0 Å². The summed E-state index contributed by atoms with van der Waals surface area (Å²) in [4.78, 5) is 8.79. The molecule has 0 unspecified atom stereocenters. The maximum absolute atomic E-state index is 4.46. The highest BCUT2D eigenvalue weighted by molar-refractivity contribution is 6.09. The summed E-state index contributed by atoms with van der Waals surface area (Å²) < 4.78 is 0. The van der Waals surface area contributed by atoms with E-state index in [1.807, 2.05) is 12.4 Å². The highest BCUT2D eigenvalue weighted by atomic mass is 14.7. The summed E-state index contributed by atoms with van der Waals surface area (Å²) in [5, 5.41) is 0. The zero-order chi connectivity index (χ0) is 10.5. The quantitative estimate of drug-likeness (QED) is 0.720. The fourth-order valence-electron chi connectivity index (χ4n) is 1.63. The summed E-state index contributed by atoms with van der Waals surface area (Å²) in [6.45, 7) is 3.08. The molecule has 1 aliphatic heterocycles. The van der Waals surface area contributed by atoms with E-state index in [4.69, 9.17) is 0 Å². The van der Waals surface area contributed by atoms with Crippen molar-refractivity contribution in [3.8, 4) is 0 Å². The van der Waals surface area contributed by atoms with Crippen LogP contribution in [0.4, 0.5) is 0 Å². The van der Waals surface area contributed by atoms with Crippen LogP contribution in [0.1, 0.15) is 31.0 Å². The van der Waals surface area contributed by atoms with Gasteiger partial charge in [-0.1, -0.05) is 19.1 Å². The normalized spacial score (nSPS) is 15.9. The average Bonchev–Trinajstić information content (AvgIpc) is 2.58. The van der Waals surface area contributed by atoms with Crippen molar-refractivity contribution in [2.24, 2.45) is 4.99 Å². The van der Waals surface area contributed by atoms with Gasteiger partial charge in [0, 0.05) is 24.5 Å². The van der Waals surface area contributed by atoms with Gasteiger partial charge in [-0.15, -0.1) is 0 Å². The molecular formula is C13H16N2. The Hall–Kier alpha value is -1.44. The molecule has 2 nitrogen and oxygen atoms in total. The van der Waals surface area contributed by atoms with E-state index in [0.29, 0.717) is 0 Å². The number of allylic oxidation sites excluding steroid dienone is 2. The fourth-order valence-corrected chi connectivity index (χ4v) is 1.63. The molecule has 0 saturated heterocycles. The molecule has 0 radical (unpaired) electrons. The van der Waals surface area contributed by atoms with E-state index in [9.17, 15) is 0 Å². The lowest BCUT2D eigenvalue weighted by Gasteiger charge is -2.01. The van der Waals surface area contributed by atoms with Crippen LogP contribution in [0.2, 0.25) is 0 Å². The van der Waals surface area contributed by atoms with Gasteiger partial charge >= 0.3 is 0 Å². The van der Waals surface area contributed by atoms with Crippen LogP contribution in [0.3, 0.4) is 0 Å². The van der Waals surface area contributed by atoms with Crippen molar-refractivity contribution in [1.82, 2.24) is 4.98 Å². The average molecular weight is 200 g/mol. The molecule has 0 aromatic carbocycles. The Bertz CT molecular complexity index is 374. The van der Waals surface area contributed by atoms with Gasteiger partial charge in [0.1, 0.15) is 0 Å². The molecule has 0 aliphatic carbocycles. The molecule has 1 aromatic heterocycles. The smallest absolute Gasteiger partial charge is 0.0714 e. The second kappa shape index (κ2) is 4.87. The van der Waals surface area contributed by atoms with Crippen molar-refractivity contribution in [3.05, 3.63) is 35.7 Å². The summed E-state index contributed by atoms with van der Waals surface area (Å²) in [5.74, 6) is 0. The molecule has 15 heavy (non-hydrogen) atoms. The zero-order valence-corrected chi connectivity index (χ0v) is 9.11. The van der Waals surface area contributed by atoms with Gasteiger partial charge in [0.2, 0.25) is 0 Å². The monoisotopic (exact) mass is 200 g/mol. The number of rotatable bonds is 2.